The number of hydrogen-bond donors (Lipinski definition) is 4. The highest BCUT2D eigenvalue weighted by atomic mass is 16.4. The standard InChI is InChI=1S/C17H25N3O2.H3NO/c1-14(3-2-10-21)19-12-16-11-17(5-4-15(16)13-22)20-8-6-18-7-9-20;1-2/h4-5,10-11,13-14,18-19H,2-3,6-9,12H2,1H3;2H,1H2. The number of rotatable bonds is 8. The first-order chi connectivity index (χ1) is 11.7. The summed E-state index contributed by atoms with van der Waals surface area (Å²) in [4.78, 5) is 24.0. The van der Waals surface area contributed by atoms with E-state index in [-0.39, 0.29) is 6.04 Å². The third-order valence-corrected chi connectivity index (χ3v) is 4.09. The summed E-state index contributed by atoms with van der Waals surface area (Å²) in [7, 11) is 0. The number of hydrogen-bond acceptors (Lipinski definition) is 7. The largest absolute Gasteiger partial charge is 0.369 e. The molecule has 1 atom stereocenters. The molecule has 7 heteroatoms. The van der Waals surface area contributed by atoms with Gasteiger partial charge in [-0.3, -0.25) is 4.79 Å². The van der Waals surface area contributed by atoms with Crippen molar-refractivity contribution < 1.29 is 14.8 Å². The molecule has 5 N–H and O–H groups in total. The average Bonchev–Trinajstić information content (AvgIpc) is 2.66. The topological polar surface area (TPSA) is 108 Å². The summed E-state index contributed by atoms with van der Waals surface area (Å²) in [6, 6.07) is 6.29. The van der Waals surface area contributed by atoms with Crippen LogP contribution in [0, 0.1) is 0 Å². The van der Waals surface area contributed by atoms with Crippen molar-refractivity contribution in [3.8, 4) is 0 Å². The molecule has 1 aliphatic heterocycles. The van der Waals surface area contributed by atoms with Gasteiger partial charge in [0.1, 0.15) is 12.6 Å². The normalized spacial score (nSPS) is 15.2. The maximum absolute atomic E-state index is 11.2. The fraction of sp³-hybridized carbons (Fsp3) is 0.529. The van der Waals surface area contributed by atoms with Gasteiger partial charge in [-0.15, -0.1) is 0 Å². The number of piperazine rings is 1. The summed E-state index contributed by atoms with van der Waals surface area (Å²) >= 11 is 0. The summed E-state index contributed by atoms with van der Waals surface area (Å²) in [6.45, 7) is 6.67. The lowest BCUT2D eigenvalue weighted by Crippen LogP contribution is -2.43. The summed E-state index contributed by atoms with van der Waals surface area (Å²) < 4.78 is 0. The van der Waals surface area contributed by atoms with Crippen molar-refractivity contribution >= 4 is 18.3 Å². The highest BCUT2D eigenvalue weighted by Gasteiger charge is 2.13. The minimum absolute atomic E-state index is 0.257. The first kappa shape index (κ1) is 20.2. The van der Waals surface area contributed by atoms with E-state index >= 15 is 0 Å². The third-order valence-electron chi connectivity index (χ3n) is 4.09. The zero-order chi connectivity index (χ0) is 17.8. The molecule has 1 heterocycles. The Morgan fingerprint density at radius 2 is 2.04 bits per heavy atom. The van der Waals surface area contributed by atoms with E-state index in [1.165, 1.54) is 5.69 Å². The van der Waals surface area contributed by atoms with Crippen molar-refractivity contribution in [2.75, 3.05) is 31.1 Å². The van der Waals surface area contributed by atoms with Gasteiger partial charge in [-0.25, -0.2) is 5.90 Å². The molecular formula is C17H28N4O3. The lowest BCUT2D eigenvalue weighted by atomic mass is 10.1. The van der Waals surface area contributed by atoms with Gasteiger partial charge in [0.25, 0.3) is 0 Å². The second kappa shape index (κ2) is 11.7. The summed E-state index contributed by atoms with van der Waals surface area (Å²) in [5, 5.41) is 13.2. The van der Waals surface area contributed by atoms with Crippen LogP contribution in [0.4, 0.5) is 5.69 Å². The van der Waals surface area contributed by atoms with Gasteiger partial charge in [-0.2, -0.15) is 0 Å². The monoisotopic (exact) mass is 336 g/mol. The molecular weight excluding hydrogens is 308 g/mol. The number of benzene rings is 1. The quantitative estimate of drug-likeness (QED) is 0.409. The maximum Gasteiger partial charge on any atom is 0.150 e. The van der Waals surface area contributed by atoms with Crippen LogP contribution in [-0.4, -0.2) is 50.0 Å². The Morgan fingerprint density at radius 1 is 1.33 bits per heavy atom. The fourth-order valence-corrected chi connectivity index (χ4v) is 2.68. The first-order valence-electron chi connectivity index (χ1n) is 8.21. The zero-order valence-electron chi connectivity index (χ0n) is 14.2. The van der Waals surface area contributed by atoms with Crippen LogP contribution in [0.2, 0.25) is 0 Å². The molecule has 1 aromatic carbocycles. The van der Waals surface area contributed by atoms with Gasteiger partial charge in [-0.1, -0.05) is 0 Å². The summed E-state index contributed by atoms with van der Waals surface area (Å²) in [5.41, 5.74) is 2.92. The Hall–Kier alpha value is -1.80. The van der Waals surface area contributed by atoms with Crippen LogP contribution in [0.1, 0.15) is 35.7 Å². The Balaban J connectivity index is 0.00000139. The van der Waals surface area contributed by atoms with Crippen LogP contribution in [0.15, 0.2) is 18.2 Å². The molecule has 1 unspecified atom stereocenters. The molecule has 0 radical (unpaired) electrons. The molecule has 1 saturated heterocycles. The van der Waals surface area contributed by atoms with Crippen LogP contribution in [0.25, 0.3) is 0 Å². The van der Waals surface area contributed by atoms with E-state index in [2.05, 4.69) is 34.4 Å². The van der Waals surface area contributed by atoms with Gasteiger partial charge in [0.2, 0.25) is 0 Å². The van der Waals surface area contributed by atoms with Crippen LogP contribution in [0.5, 0.6) is 0 Å². The van der Waals surface area contributed by atoms with Crippen molar-refractivity contribution in [1.82, 2.24) is 10.6 Å². The molecule has 134 valence electrons. The van der Waals surface area contributed by atoms with E-state index < -0.39 is 0 Å². The van der Waals surface area contributed by atoms with Gasteiger partial charge in [0.05, 0.1) is 0 Å². The zero-order valence-corrected chi connectivity index (χ0v) is 14.2. The molecule has 0 amide bonds. The van der Waals surface area contributed by atoms with Gasteiger partial charge in [0, 0.05) is 56.4 Å². The highest BCUT2D eigenvalue weighted by molar-refractivity contribution is 5.78. The average molecular weight is 336 g/mol. The minimum atomic E-state index is 0.257. The van der Waals surface area contributed by atoms with Gasteiger partial charge < -0.3 is 25.5 Å². The van der Waals surface area contributed by atoms with Gasteiger partial charge >= 0.3 is 0 Å². The minimum Gasteiger partial charge on any atom is -0.369 e. The molecule has 24 heavy (non-hydrogen) atoms. The number of aldehydes is 2. The van der Waals surface area contributed by atoms with Gasteiger partial charge in [0.15, 0.2) is 0 Å². The number of nitrogens with two attached hydrogens (primary N) is 1. The Labute approximate surface area is 143 Å². The lowest BCUT2D eigenvalue weighted by molar-refractivity contribution is -0.108. The van der Waals surface area contributed by atoms with E-state index in [4.69, 9.17) is 5.21 Å². The van der Waals surface area contributed by atoms with E-state index in [1.54, 1.807) is 0 Å². The highest BCUT2D eigenvalue weighted by Crippen LogP contribution is 2.19. The molecule has 2 rings (SSSR count). The predicted molar refractivity (Wildman–Crippen MR) is 94.5 cm³/mol. The number of anilines is 1. The van der Waals surface area contributed by atoms with Crippen LogP contribution in [-0.2, 0) is 11.3 Å². The Morgan fingerprint density at radius 3 is 2.67 bits per heavy atom. The second-order valence-electron chi connectivity index (χ2n) is 5.76. The SMILES string of the molecule is CC(CCC=O)NCc1cc(N2CCNCC2)ccc1C=O.NO. The molecule has 0 saturated carbocycles. The third kappa shape index (κ3) is 6.37. The fourth-order valence-electron chi connectivity index (χ4n) is 2.68. The Kier molecular flexibility index (Phi) is 9.86. The second-order valence-corrected chi connectivity index (χ2v) is 5.76. The first-order valence-corrected chi connectivity index (χ1v) is 8.21. The van der Waals surface area contributed by atoms with Crippen LogP contribution < -0.4 is 21.4 Å². The van der Waals surface area contributed by atoms with Crippen LogP contribution >= 0.6 is 0 Å². The molecule has 1 fully saturated rings. The number of nitrogens with one attached hydrogen (secondary N) is 2. The molecule has 0 spiro atoms. The van der Waals surface area contributed by atoms with Crippen molar-refractivity contribution in [1.29, 1.82) is 0 Å². The van der Waals surface area contributed by atoms with E-state index in [0.717, 1.165) is 56.3 Å². The predicted octanol–water partition coefficient (Wildman–Crippen LogP) is 0.700. The van der Waals surface area contributed by atoms with E-state index in [9.17, 15) is 9.59 Å². The summed E-state index contributed by atoms with van der Waals surface area (Å²) in [5.74, 6) is 3.50. The molecule has 0 aliphatic carbocycles. The lowest BCUT2D eigenvalue weighted by Gasteiger charge is -2.30. The molecule has 0 aromatic heterocycles. The van der Waals surface area contributed by atoms with E-state index in [1.807, 2.05) is 12.1 Å². The Bertz CT molecular complexity index is 505. The molecule has 0 bridgehead atoms. The van der Waals surface area contributed by atoms with Crippen molar-refractivity contribution in [3.63, 3.8) is 0 Å². The van der Waals surface area contributed by atoms with Crippen molar-refractivity contribution in [2.45, 2.75) is 32.4 Å². The number of nitrogens with zero attached hydrogens (tertiary/aromatic N) is 1. The number of carbonyl (C=O) groups excluding carboxylic acids is 2. The maximum atomic E-state index is 11.2. The molecule has 7 nitrogen and oxygen atoms in total. The summed E-state index contributed by atoms with van der Waals surface area (Å²) in [6.07, 6.45) is 3.24. The van der Waals surface area contributed by atoms with Crippen LogP contribution in [0.3, 0.4) is 0 Å². The van der Waals surface area contributed by atoms with Crippen molar-refractivity contribution in [2.24, 2.45) is 5.90 Å². The van der Waals surface area contributed by atoms with Crippen molar-refractivity contribution in [3.05, 3.63) is 29.3 Å². The van der Waals surface area contributed by atoms with E-state index in [0.29, 0.717) is 13.0 Å². The molecule has 1 aliphatic rings. The smallest absolute Gasteiger partial charge is 0.150 e. The van der Waals surface area contributed by atoms with Gasteiger partial charge in [-0.05, 0) is 37.1 Å². The number of carbonyl (C=O) groups is 2. The molecule has 1 aromatic rings.